The standard InChI is InChI=1S/C25H30F3N3O3S.C8H11F2NOS.C4H10.2C2H6/c1-34-22-11-7-18(8-12-22)15-29-16-24(32)30-13-3-5-21(17-30)31(20-9-10-20)35(33)23-6-2-4-19(14-23)25(26,27)28;1-4-7(8(9,10)11)5-6(2)13(3)12;1-3-4-2;2*1-2/h2,4,6-8,11-12,14,20-21,29H,3,5,9-10,13,15-17H2,1H3;4-5H,1-2,11H2,3H3;3-4H2,1-2H3;2*1-2H3/b;7-5+;;;. The Bertz CT molecular complexity index is 1540. The van der Waals surface area contributed by atoms with Gasteiger partial charge in [0.2, 0.25) is 5.91 Å². The van der Waals surface area contributed by atoms with Crippen LogP contribution in [0.25, 0.3) is 0 Å². The number of likely N-dealkylation sites (tertiary alicyclic amines) is 1. The van der Waals surface area contributed by atoms with Crippen molar-refractivity contribution in [3.63, 3.8) is 0 Å². The van der Waals surface area contributed by atoms with E-state index in [0.29, 0.717) is 19.6 Å². The van der Waals surface area contributed by atoms with Gasteiger partial charge in [-0.15, -0.1) is 0 Å². The summed E-state index contributed by atoms with van der Waals surface area (Å²) in [5, 5.41) is 3.17. The van der Waals surface area contributed by atoms with E-state index in [1.165, 1.54) is 31.2 Å². The van der Waals surface area contributed by atoms with Gasteiger partial charge in [-0.2, -0.15) is 22.0 Å². The third-order valence-electron chi connectivity index (χ3n) is 8.13. The summed E-state index contributed by atoms with van der Waals surface area (Å²) in [5.41, 5.74) is 4.26. The lowest BCUT2D eigenvalue weighted by atomic mass is 10.1. The summed E-state index contributed by atoms with van der Waals surface area (Å²) in [4.78, 5) is 14.9. The number of alkyl halides is 5. The topological polar surface area (TPSA) is 105 Å². The lowest BCUT2D eigenvalue weighted by molar-refractivity contribution is -0.137. The minimum atomic E-state index is -4.49. The molecule has 1 saturated carbocycles. The van der Waals surface area contributed by atoms with Crippen LogP contribution in [0.3, 0.4) is 0 Å². The molecular weight excluding hydrogens is 772 g/mol. The molecule has 1 aliphatic carbocycles. The molecule has 1 amide bonds. The number of halogens is 5. The van der Waals surface area contributed by atoms with Crippen LogP contribution in [0.5, 0.6) is 5.75 Å². The summed E-state index contributed by atoms with van der Waals surface area (Å²) >= 11 is 0. The number of methoxy groups -OCH3 is 1. The first-order chi connectivity index (χ1) is 26.5. The molecule has 3 unspecified atom stereocenters. The van der Waals surface area contributed by atoms with E-state index < -0.39 is 45.1 Å². The smallest absolute Gasteiger partial charge is 0.416 e. The molecule has 0 bridgehead atoms. The van der Waals surface area contributed by atoms with Crippen LogP contribution < -0.4 is 15.8 Å². The number of piperidine rings is 1. The average Bonchev–Trinajstić information content (AvgIpc) is 4.03. The molecule has 0 radical (unpaired) electrons. The zero-order valence-electron chi connectivity index (χ0n) is 34.2. The van der Waals surface area contributed by atoms with E-state index in [1.807, 2.05) is 56.3 Å². The van der Waals surface area contributed by atoms with E-state index in [1.54, 1.807) is 12.0 Å². The molecule has 3 N–H and O–H groups in total. The van der Waals surface area contributed by atoms with Crippen molar-refractivity contribution in [1.82, 2.24) is 14.5 Å². The zero-order chi connectivity index (χ0) is 43.1. The van der Waals surface area contributed by atoms with Crippen LogP contribution in [-0.2, 0) is 39.3 Å². The Morgan fingerprint density at radius 3 is 2.05 bits per heavy atom. The maximum absolute atomic E-state index is 13.4. The summed E-state index contributed by atoms with van der Waals surface area (Å²) in [7, 11) is -1.49. The van der Waals surface area contributed by atoms with E-state index in [-0.39, 0.29) is 34.3 Å². The van der Waals surface area contributed by atoms with Crippen molar-refractivity contribution in [1.29, 1.82) is 0 Å². The van der Waals surface area contributed by atoms with Crippen LogP contribution in [0.15, 0.2) is 89.2 Å². The Kier molecular flexibility index (Phi) is 25.8. The third-order valence-corrected chi connectivity index (χ3v) is 10.6. The summed E-state index contributed by atoms with van der Waals surface area (Å²) < 4.78 is 95.7. The normalized spacial score (nSPS) is 16.5. The minimum absolute atomic E-state index is 0.0381. The van der Waals surface area contributed by atoms with Crippen molar-refractivity contribution in [3.8, 4) is 5.75 Å². The predicted molar refractivity (Wildman–Crippen MR) is 221 cm³/mol. The number of ether oxygens (including phenoxy) is 1. The molecule has 56 heavy (non-hydrogen) atoms. The molecular formula is C41H63F5N4O4S2. The fraction of sp³-hybridized carbons (Fsp3) is 0.537. The highest BCUT2D eigenvalue weighted by Crippen LogP contribution is 2.36. The van der Waals surface area contributed by atoms with E-state index in [4.69, 9.17) is 4.74 Å². The number of nitrogens with one attached hydrogen (secondary N) is 1. The molecule has 318 valence electrons. The van der Waals surface area contributed by atoms with Gasteiger partial charge in [0.1, 0.15) is 16.7 Å². The number of unbranched alkanes of at least 4 members (excludes halogenated alkanes) is 1. The average molecular weight is 835 g/mol. The molecule has 2 aromatic carbocycles. The van der Waals surface area contributed by atoms with Gasteiger partial charge in [0.05, 0.1) is 24.1 Å². The minimum Gasteiger partial charge on any atom is -0.497 e. The van der Waals surface area contributed by atoms with Crippen LogP contribution in [0.2, 0.25) is 0 Å². The Labute approximate surface area is 336 Å². The Morgan fingerprint density at radius 1 is 1.00 bits per heavy atom. The highest BCUT2D eigenvalue weighted by molar-refractivity contribution is 7.88. The second kappa shape index (κ2) is 27.4. The quantitative estimate of drug-likeness (QED) is 0.112. The van der Waals surface area contributed by atoms with Crippen LogP contribution in [0, 0.1) is 0 Å². The molecule has 8 nitrogen and oxygen atoms in total. The van der Waals surface area contributed by atoms with Gasteiger partial charge in [-0.25, -0.2) is 8.51 Å². The predicted octanol–water partition coefficient (Wildman–Crippen LogP) is 9.38. The number of carbonyl (C=O) groups is 1. The molecule has 0 aromatic heterocycles. The molecule has 4 rings (SSSR count). The van der Waals surface area contributed by atoms with Gasteiger partial charge in [0, 0.05) is 59.3 Å². The fourth-order valence-electron chi connectivity index (χ4n) is 4.91. The third kappa shape index (κ3) is 19.3. The first-order valence-electron chi connectivity index (χ1n) is 19.0. The lowest BCUT2D eigenvalue weighted by Gasteiger charge is -2.38. The highest BCUT2D eigenvalue weighted by Gasteiger charge is 2.41. The van der Waals surface area contributed by atoms with Gasteiger partial charge in [0.25, 0.3) is 0 Å². The number of hydrogen-bond donors (Lipinski definition) is 2. The van der Waals surface area contributed by atoms with Gasteiger partial charge < -0.3 is 15.0 Å². The summed E-state index contributed by atoms with van der Waals surface area (Å²) in [6, 6.07) is 8.79. The molecule has 2 aliphatic rings. The maximum Gasteiger partial charge on any atom is 0.416 e. The van der Waals surface area contributed by atoms with Crippen molar-refractivity contribution in [2.24, 2.45) is 5.73 Å². The van der Waals surface area contributed by atoms with Crippen LogP contribution in [0.1, 0.15) is 91.2 Å². The van der Waals surface area contributed by atoms with Crippen LogP contribution in [0.4, 0.5) is 22.0 Å². The van der Waals surface area contributed by atoms with Gasteiger partial charge in [-0.05, 0) is 67.7 Å². The van der Waals surface area contributed by atoms with E-state index in [2.05, 4.69) is 38.1 Å². The SMILES string of the molecule is C=C/C(=C\C(=C)S(C)=O)C(N)(F)F.CC.CC.CCCC.COc1ccc(CNCC(=O)N2CCCC(N(C3CC3)S(=O)c3cccc(C(F)(F)F)c3)C2)cc1. The summed E-state index contributed by atoms with van der Waals surface area (Å²) in [5.74, 6) is 0.732. The number of nitrogens with zero attached hydrogens (tertiary/aromatic N) is 2. The molecule has 15 heteroatoms. The molecule has 0 spiro atoms. The number of nitrogens with two attached hydrogens (primary N) is 1. The second-order valence-electron chi connectivity index (χ2n) is 12.3. The van der Waals surface area contributed by atoms with Crippen molar-refractivity contribution in [2.45, 2.75) is 116 Å². The number of amides is 1. The maximum atomic E-state index is 13.4. The number of carbonyl (C=O) groups excluding carboxylic acids is 1. The lowest BCUT2D eigenvalue weighted by Crippen LogP contribution is -2.52. The zero-order valence-corrected chi connectivity index (χ0v) is 35.9. The van der Waals surface area contributed by atoms with Gasteiger partial charge in [-0.1, -0.05) is 91.8 Å². The number of allylic oxidation sites excluding steroid dienone is 1. The van der Waals surface area contributed by atoms with Gasteiger partial charge >= 0.3 is 12.2 Å². The summed E-state index contributed by atoms with van der Waals surface area (Å²) in [6.07, 6.45) is 4.62. The monoisotopic (exact) mass is 834 g/mol. The Hall–Kier alpha value is -3.24. The Morgan fingerprint density at radius 2 is 1.59 bits per heavy atom. The van der Waals surface area contributed by atoms with Gasteiger partial charge in [0.15, 0.2) is 0 Å². The largest absolute Gasteiger partial charge is 0.497 e. The fourth-order valence-corrected chi connectivity index (χ4v) is 6.79. The van der Waals surface area contributed by atoms with Crippen molar-refractivity contribution in [2.75, 3.05) is 33.0 Å². The first kappa shape index (κ1) is 52.8. The van der Waals surface area contributed by atoms with Crippen LogP contribution in [-0.4, -0.2) is 74.7 Å². The van der Waals surface area contributed by atoms with Gasteiger partial charge in [-0.3, -0.25) is 14.7 Å². The Balaban J connectivity index is 0.00000120. The molecule has 1 aliphatic heterocycles. The number of hydrogen-bond acceptors (Lipinski definition) is 6. The molecule has 2 fully saturated rings. The van der Waals surface area contributed by atoms with Crippen molar-refractivity contribution < 1.29 is 39.9 Å². The van der Waals surface area contributed by atoms with E-state index in [0.717, 1.165) is 61.3 Å². The number of benzene rings is 2. The molecule has 2 aromatic rings. The van der Waals surface area contributed by atoms with E-state index >= 15 is 0 Å². The van der Waals surface area contributed by atoms with Crippen LogP contribution >= 0.6 is 0 Å². The van der Waals surface area contributed by atoms with Crippen molar-refractivity contribution in [3.05, 3.63) is 95.4 Å². The first-order valence-corrected chi connectivity index (χ1v) is 21.7. The van der Waals surface area contributed by atoms with Crippen molar-refractivity contribution >= 4 is 27.7 Å². The molecule has 3 atom stereocenters. The van der Waals surface area contributed by atoms with E-state index in [9.17, 15) is 35.2 Å². The molecule has 1 heterocycles. The summed E-state index contributed by atoms with van der Waals surface area (Å²) in [6.45, 7) is 20.6. The molecule has 1 saturated heterocycles. The second-order valence-corrected chi connectivity index (χ2v) is 15.1. The highest BCUT2D eigenvalue weighted by atomic mass is 32.2. The number of rotatable bonds is 14.